The number of thiazole rings is 1. The second-order valence-corrected chi connectivity index (χ2v) is 8.44. The van der Waals surface area contributed by atoms with E-state index in [-0.39, 0.29) is 17.3 Å². The van der Waals surface area contributed by atoms with E-state index in [2.05, 4.69) is 9.71 Å². The summed E-state index contributed by atoms with van der Waals surface area (Å²) < 4.78 is 50.8. The van der Waals surface area contributed by atoms with Gasteiger partial charge >= 0.3 is 0 Å². The fourth-order valence-electron chi connectivity index (χ4n) is 2.53. The van der Waals surface area contributed by atoms with Gasteiger partial charge in [0.1, 0.15) is 10.8 Å². The molecule has 0 saturated heterocycles. The van der Waals surface area contributed by atoms with Crippen LogP contribution in [0.1, 0.15) is 5.69 Å². The van der Waals surface area contributed by atoms with Crippen molar-refractivity contribution in [1.29, 1.82) is 0 Å². The van der Waals surface area contributed by atoms with Gasteiger partial charge in [-0.2, -0.15) is 0 Å². The Morgan fingerprint density at radius 3 is 2.46 bits per heavy atom. The Morgan fingerprint density at radius 2 is 1.79 bits per heavy atom. The number of halogens is 1. The van der Waals surface area contributed by atoms with Gasteiger partial charge in [-0.1, -0.05) is 0 Å². The first-order chi connectivity index (χ1) is 13.4. The molecular weight excluding hydrogens is 403 g/mol. The van der Waals surface area contributed by atoms with Crippen molar-refractivity contribution < 1.29 is 22.3 Å². The van der Waals surface area contributed by atoms with Gasteiger partial charge in [-0.05, 0) is 36.4 Å². The number of aromatic nitrogens is 1. The molecule has 0 unspecified atom stereocenters. The van der Waals surface area contributed by atoms with E-state index < -0.39 is 10.0 Å². The minimum atomic E-state index is -3.69. The number of hydrogen-bond acceptors (Lipinski definition) is 6. The molecule has 0 fully saturated rings. The highest BCUT2D eigenvalue weighted by molar-refractivity contribution is 7.89. The van der Waals surface area contributed by atoms with Crippen molar-refractivity contribution >= 4 is 21.4 Å². The summed E-state index contributed by atoms with van der Waals surface area (Å²) in [5.41, 5.74) is 1.59. The fourth-order valence-corrected chi connectivity index (χ4v) is 4.43. The summed E-state index contributed by atoms with van der Waals surface area (Å²) in [4.78, 5) is 4.57. The summed E-state index contributed by atoms with van der Waals surface area (Å²) in [6.07, 6.45) is 0.435. The van der Waals surface area contributed by atoms with E-state index in [9.17, 15) is 12.8 Å². The van der Waals surface area contributed by atoms with Gasteiger partial charge in [-0.25, -0.2) is 22.5 Å². The maximum atomic E-state index is 13.0. The molecule has 0 amide bonds. The van der Waals surface area contributed by atoms with Crippen molar-refractivity contribution in [2.45, 2.75) is 11.3 Å². The molecule has 0 atom stereocenters. The lowest BCUT2D eigenvalue weighted by atomic mass is 10.2. The van der Waals surface area contributed by atoms with E-state index >= 15 is 0 Å². The first-order valence-electron chi connectivity index (χ1n) is 8.35. The normalized spacial score (nSPS) is 11.4. The SMILES string of the molecule is COc1ccc(S(=O)(=O)NCCc2csc(-c3ccc(F)cc3)n2)cc1OC. The van der Waals surface area contributed by atoms with E-state index in [4.69, 9.17) is 9.47 Å². The van der Waals surface area contributed by atoms with Gasteiger partial charge in [0.05, 0.1) is 24.8 Å². The average molecular weight is 423 g/mol. The molecule has 6 nitrogen and oxygen atoms in total. The van der Waals surface area contributed by atoms with Crippen molar-refractivity contribution in [3.05, 3.63) is 59.4 Å². The molecule has 0 bridgehead atoms. The van der Waals surface area contributed by atoms with Crippen LogP contribution in [0.4, 0.5) is 4.39 Å². The molecule has 0 aliphatic rings. The van der Waals surface area contributed by atoms with Gasteiger partial charge < -0.3 is 9.47 Å². The maximum absolute atomic E-state index is 13.0. The molecule has 0 radical (unpaired) electrons. The van der Waals surface area contributed by atoms with Crippen LogP contribution in [-0.4, -0.2) is 34.2 Å². The smallest absolute Gasteiger partial charge is 0.240 e. The number of nitrogens with one attached hydrogen (secondary N) is 1. The molecule has 1 N–H and O–H groups in total. The van der Waals surface area contributed by atoms with Crippen LogP contribution < -0.4 is 14.2 Å². The number of nitrogens with zero attached hydrogens (tertiary/aromatic N) is 1. The lowest BCUT2D eigenvalue weighted by molar-refractivity contribution is 0.354. The summed E-state index contributed by atoms with van der Waals surface area (Å²) in [6.45, 7) is 0.198. The van der Waals surface area contributed by atoms with Crippen molar-refractivity contribution in [2.75, 3.05) is 20.8 Å². The Morgan fingerprint density at radius 1 is 1.07 bits per heavy atom. The lowest BCUT2D eigenvalue weighted by Gasteiger charge is -2.10. The predicted molar refractivity (Wildman–Crippen MR) is 106 cm³/mol. The van der Waals surface area contributed by atoms with Gasteiger partial charge in [-0.15, -0.1) is 11.3 Å². The molecule has 2 aromatic carbocycles. The number of hydrogen-bond donors (Lipinski definition) is 1. The molecule has 148 valence electrons. The van der Waals surface area contributed by atoms with Crippen LogP contribution in [0.25, 0.3) is 10.6 Å². The number of sulfonamides is 1. The molecule has 0 aliphatic carbocycles. The Kier molecular flexibility index (Phi) is 6.28. The molecule has 1 heterocycles. The van der Waals surface area contributed by atoms with Crippen LogP contribution in [0.2, 0.25) is 0 Å². The van der Waals surface area contributed by atoms with Crippen LogP contribution in [0, 0.1) is 5.82 Å². The first kappa shape index (κ1) is 20.2. The lowest BCUT2D eigenvalue weighted by Crippen LogP contribution is -2.26. The molecular formula is C19H19FN2O4S2. The van der Waals surface area contributed by atoms with Crippen LogP contribution >= 0.6 is 11.3 Å². The van der Waals surface area contributed by atoms with E-state index in [0.717, 1.165) is 16.3 Å². The monoisotopic (exact) mass is 422 g/mol. The summed E-state index contributed by atoms with van der Waals surface area (Å²) in [7, 11) is -0.758. The van der Waals surface area contributed by atoms with Gasteiger partial charge in [0.2, 0.25) is 10.0 Å². The number of ether oxygens (including phenoxy) is 2. The third kappa shape index (κ3) is 4.67. The van der Waals surface area contributed by atoms with Gasteiger partial charge in [-0.3, -0.25) is 0 Å². The minimum Gasteiger partial charge on any atom is -0.493 e. The zero-order valence-corrected chi connectivity index (χ0v) is 16.9. The van der Waals surface area contributed by atoms with Crippen LogP contribution in [0.15, 0.2) is 52.7 Å². The summed E-state index contributed by atoms with van der Waals surface area (Å²) in [6, 6.07) is 10.5. The molecule has 3 aromatic rings. The molecule has 0 saturated carbocycles. The van der Waals surface area contributed by atoms with Crippen molar-refractivity contribution in [3.8, 4) is 22.1 Å². The summed E-state index contributed by atoms with van der Waals surface area (Å²) >= 11 is 1.43. The molecule has 1 aromatic heterocycles. The molecule has 3 rings (SSSR count). The highest BCUT2D eigenvalue weighted by atomic mass is 32.2. The third-order valence-corrected chi connectivity index (χ3v) is 6.38. The summed E-state index contributed by atoms with van der Waals surface area (Å²) in [5, 5.41) is 2.63. The molecule has 9 heteroatoms. The molecule has 0 aliphatic heterocycles. The maximum Gasteiger partial charge on any atom is 0.240 e. The topological polar surface area (TPSA) is 77.5 Å². The standard InChI is InChI=1S/C19H19FN2O4S2/c1-25-17-8-7-16(11-18(17)26-2)28(23,24)21-10-9-15-12-27-19(22-15)13-3-5-14(20)6-4-13/h3-8,11-12,21H,9-10H2,1-2H3. The second-order valence-electron chi connectivity index (χ2n) is 5.82. The van der Waals surface area contributed by atoms with Gasteiger partial charge in [0.25, 0.3) is 0 Å². The Labute approximate surface area is 167 Å². The predicted octanol–water partition coefficient (Wildman–Crippen LogP) is 3.49. The van der Waals surface area contributed by atoms with E-state index in [1.807, 2.05) is 5.38 Å². The minimum absolute atomic E-state index is 0.0930. The third-order valence-electron chi connectivity index (χ3n) is 3.98. The number of rotatable bonds is 8. The fraction of sp³-hybridized carbons (Fsp3) is 0.211. The van der Waals surface area contributed by atoms with Crippen molar-refractivity contribution in [3.63, 3.8) is 0 Å². The zero-order valence-electron chi connectivity index (χ0n) is 15.3. The van der Waals surface area contributed by atoms with Gasteiger partial charge in [0, 0.05) is 30.0 Å². The van der Waals surface area contributed by atoms with Crippen LogP contribution in [-0.2, 0) is 16.4 Å². The van der Waals surface area contributed by atoms with Crippen molar-refractivity contribution in [2.24, 2.45) is 0 Å². The Bertz CT molecular complexity index is 1050. The van der Waals surface area contributed by atoms with Crippen molar-refractivity contribution in [1.82, 2.24) is 9.71 Å². The van der Waals surface area contributed by atoms with E-state index in [1.54, 1.807) is 18.2 Å². The van der Waals surface area contributed by atoms with E-state index in [0.29, 0.717) is 17.9 Å². The second kappa shape index (κ2) is 8.68. The quantitative estimate of drug-likeness (QED) is 0.601. The Balaban J connectivity index is 1.64. The van der Waals surface area contributed by atoms with Gasteiger partial charge in [0.15, 0.2) is 11.5 Å². The first-order valence-corrected chi connectivity index (χ1v) is 10.7. The number of benzene rings is 2. The summed E-state index contributed by atoms with van der Waals surface area (Å²) in [5.74, 6) is 0.496. The Hall–Kier alpha value is -2.49. The zero-order chi connectivity index (χ0) is 20.1. The average Bonchev–Trinajstić information content (AvgIpc) is 3.16. The highest BCUT2D eigenvalue weighted by Crippen LogP contribution is 2.29. The highest BCUT2D eigenvalue weighted by Gasteiger charge is 2.17. The van der Waals surface area contributed by atoms with Crippen LogP contribution in [0.3, 0.4) is 0 Å². The van der Waals surface area contributed by atoms with Crippen LogP contribution in [0.5, 0.6) is 11.5 Å². The number of methoxy groups -OCH3 is 2. The molecule has 0 spiro atoms. The largest absolute Gasteiger partial charge is 0.493 e. The van der Waals surface area contributed by atoms with E-state index in [1.165, 1.54) is 49.8 Å². The molecule has 28 heavy (non-hydrogen) atoms.